The Morgan fingerprint density at radius 1 is 1.62 bits per heavy atom. The van der Waals surface area contributed by atoms with Gasteiger partial charge in [0.2, 0.25) is 0 Å². The van der Waals surface area contributed by atoms with E-state index in [-0.39, 0.29) is 11.9 Å². The van der Waals surface area contributed by atoms with Crippen LogP contribution in [-0.2, 0) is 10.1 Å². The van der Waals surface area contributed by atoms with Crippen LogP contribution in [0, 0.1) is 5.92 Å². The largest absolute Gasteiger partial charge is 0.298 e. The van der Waals surface area contributed by atoms with E-state index in [0.29, 0.717) is 5.92 Å². The highest BCUT2D eigenvalue weighted by atomic mass is 32.2. The Balaban J connectivity index is 2.41. The molecule has 76 valence electrons. The summed E-state index contributed by atoms with van der Waals surface area (Å²) in [4.78, 5) is 0. The zero-order chi connectivity index (χ0) is 9.90. The number of allylic oxidation sites excluding steroid dienone is 1. The molecule has 0 aromatic heterocycles. The van der Waals surface area contributed by atoms with Crippen LogP contribution in [-0.4, -0.2) is 24.9 Å². The molecule has 0 aliphatic heterocycles. The van der Waals surface area contributed by atoms with Crippen molar-refractivity contribution in [2.24, 2.45) is 5.92 Å². The summed E-state index contributed by atoms with van der Waals surface area (Å²) in [6.07, 6.45) is 6.04. The van der Waals surface area contributed by atoms with Crippen LogP contribution in [0.5, 0.6) is 0 Å². The fourth-order valence-corrected chi connectivity index (χ4v) is 1.91. The SMILES string of the molecule is CC1C=CCCC1NCS(=O)(=O)O. The highest BCUT2D eigenvalue weighted by Gasteiger charge is 2.18. The fourth-order valence-electron chi connectivity index (χ4n) is 1.48. The molecule has 5 heteroatoms. The summed E-state index contributed by atoms with van der Waals surface area (Å²) in [5, 5.41) is 2.82. The third-order valence-corrected chi connectivity index (χ3v) is 2.78. The van der Waals surface area contributed by atoms with Crippen molar-refractivity contribution in [1.29, 1.82) is 0 Å². The van der Waals surface area contributed by atoms with E-state index in [9.17, 15) is 8.42 Å². The lowest BCUT2D eigenvalue weighted by Gasteiger charge is -2.24. The second kappa shape index (κ2) is 4.21. The molecule has 1 rings (SSSR count). The van der Waals surface area contributed by atoms with Gasteiger partial charge in [-0.2, -0.15) is 8.42 Å². The van der Waals surface area contributed by atoms with Gasteiger partial charge in [-0.3, -0.25) is 9.87 Å². The van der Waals surface area contributed by atoms with Crippen molar-refractivity contribution >= 4 is 10.1 Å². The summed E-state index contributed by atoms with van der Waals surface area (Å²) in [5.74, 6) is -0.0222. The molecule has 0 aromatic carbocycles. The van der Waals surface area contributed by atoms with Crippen molar-refractivity contribution in [3.63, 3.8) is 0 Å². The van der Waals surface area contributed by atoms with Gasteiger partial charge in [-0.25, -0.2) is 0 Å². The molecule has 0 saturated carbocycles. The van der Waals surface area contributed by atoms with E-state index in [1.807, 2.05) is 6.92 Å². The molecule has 2 atom stereocenters. The van der Waals surface area contributed by atoms with Crippen molar-refractivity contribution < 1.29 is 13.0 Å². The Labute approximate surface area is 78.8 Å². The van der Waals surface area contributed by atoms with Gasteiger partial charge in [0.25, 0.3) is 10.1 Å². The van der Waals surface area contributed by atoms with Crippen molar-refractivity contribution in [3.8, 4) is 0 Å². The summed E-state index contributed by atoms with van der Waals surface area (Å²) in [7, 11) is -3.88. The summed E-state index contributed by atoms with van der Waals surface area (Å²) in [6, 6.07) is 0.159. The van der Waals surface area contributed by atoms with E-state index in [0.717, 1.165) is 12.8 Å². The van der Waals surface area contributed by atoms with Gasteiger partial charge in [0, 0.05) is 6.04 Å². The lowest BCUT2D eigenvalue weighted by Crippen LogP contribution is -2.38. The molecule has 13 heavy (non-hydrogen) atoms. The quantitative estimate of drug-likeness (QED) is 0.527. The van der Waals surface area contributed by atoms with Crippen molar-refractivity contribution in [2.45, 2.75) is 25.8 Å². The van der Waals surface area contributed by atoms with E-state index in [2.05, 4.69) is 17.5 Å². The van der Waals surface area contributed by atoms with Crippen molar-refractivity contribution in [3.05, 3.63) is 12.2 Å². The predicted molar refractivity (Wildman–Crippen MR) is 50.9 cm³/mol. The molecule has 0 heterocycles. The van der Waals surface area contributed by atoms with Gasteiger partial charge in [0.1, 0.15) is 5.88 Å². The number of rotatable bonds is 3. The van der Waals surface area contributed by atoms with E-state index >= 15 is 0 Å². The Kier molecular flexibility index (Phi) is 3.47. The van der Waals surface area contributed by atoms with E-state index in [1.54, 1.807) is 0 Å². The second-order valence-corrected chi connectivity index (χ2v) is 4.85. The molecule has 1 aliphatic rings. The highest BCUT2D eigenvalue weighted by molar-refractivity contribution is 7.85. The smallest absolute Gasteiger partial charge is 0.278 e. The monoisotopic (exact) mass is 205 g/mol. The van der Waals surface area contributed by atoms with Crippen LogP contribution in [0.2, 0.25) is 0 Å². The van der Waals surface area contributed by atoms with Gasteiger partial charge in [-0.1, -0.05) is 19.1 Å². The van der Waals surface area contributed by atoms with Crippen LogP contribution in [0.1, 0.15) is 19.8 Å². The summed E-state index contributed by atoms with van der Waals surface area (Å²) in [6.45, 7) is 2.03. The fraction of sp³-hybridized carbons (Fsp3) is 0.750. The molecule has 4 nitrogen and oxygen atoms in total. The molecule has 2 N–H and O–H groups in total. The molecule has 0 radical (unpaired) electrons. The standard InChI is InChI=1S/C8H15NO3S/c1-7-4-2-3-5-8(7)9-6-13(10,11)12/h2,4,7-9H,3,5-6H2,1H3,(H,10,11,12). The molecule has 0 amide bonds. The molecule has 0 saturated heterocycles. The molecular formula is C8H15NO3S. The Morgan fingerprint density at radius 3 is 2.85 bits per heavy atom. The van der Waals surface area contributed by atoms with Gasteiger partial charge in [-0.15, -0.1) is 0 Å². The van der Waals surface area contributed by atoms with E-state index in [4.69, 9.17) is 4.55 Å². The molecule has 0 fully saturated rings. The summed E-state index contributed by atoms with van der Waals surface area (Å²) < 4.78 is 29.4. The van der Waals surface area contributed by atoms with Crippen LogP contribution in [0.25, 0.3) is 0 Å². The molecule has 1 aliphatic carbocycles. The molecule has 2 unspecified atom stereocenters. The first-order valence-electron chi connectivity index (χ1n) is 4.34. The average Bonchev–Trinajstić information content (AvgIpc) is 2.01. The Hall–Kier alpha value is -0.390. The van der Waals surface area contributed by atoms with Gasteiger partial charge < -0.3 is 0 Å². The Bertz CT molecular complexity index is 284. The summed E-state index contributed by atoms with van der Waals surface area (Å²) >= 11 is 0. The maximum atomic E-state index is 10.5. The van der Waals surface area contributed by atoms with Gasteiger partial charge in [0.15, 0.2) is 0 Å². The first-order chi connectivity index (χ1) is 5.99. The first kappa shape index (κ1) is 10.7. The minimum absolute atomic E-state index is 0.159. The normalized spacial score (nSPS) is 29.1. The van der Waals surface area contributed by atoms with E-state index < -0.39 is 10.1 Å². The van der Waals surface area contributed by atoms with Crippen molar-refractivity contribution in [1.82, 2.24) is 5.32 Å². The zero-order valence-electron chi connectivity index (χ0n) is 7.60. The van der Waals surface area contributed by atoms with E-state index in [1.165, 1.54) is 0 Å². The topological polar surface area (TPSA) is 66.4 Å². The number of hydrogen-bond acceptors (Lipinski definition) is 3. The van der Waals surface area contributed by atoms with Gasteiger partial charge in [0.05, 0.1) is 0 Å². The number of nitrogens with one attached hydrogen (secondary N) is 1. The third kappa shape index (κ3) is 3.89. The van der Waals surface area contributed by atoms with Gasteiger partial charge >= 0.3 is 0 Å². The average molecular weight is 205 g/mol. The first-order valence-corrected chi connectivity index (χ1v) is 5.95. The van der Waals surface area contributed by atoms with Crippen LogP contribution in [0.3, 0.4) is 0 Å². The second-order valence-electron chi connectivity index (χ2n) is 3.40. The zero-order valence-corrected chi connectivity index (χ0v) is 8.42. The molecule has 0 aromatic rings. The van der Waals surface area contributed by atoms with Crippen LogP contribution < -0.4 is 5.32 Å². The molecule has 0 spiro atoms. The summed E-state index contributed by atoms with van der Waals surface area (Å²) in [5.41, 5.74) is 0. The predicted octanol–water partition coefficient (Wildman–Crippen LogP) is 0.776. The maximum Gasteiger partial charge on any atom is 0.278 e. The number of hydrogen-bond donors (Lipinski definition) is 2. The van der Waals surface area contributed by atoms with Crippen LogP contribution >= 0.6 is 0 Å². The minimum Gasteiger partial charge on any atom is -0.298 e. The third-order valence-electron chi connectivity index (χ3n) is 2.25. The highest BCUT2D eigenvalue weighted by Crippen LogP contribution is 2.16. The van der Waals surface area contributed by atoms with Crippen LogP contribution in [0.4, 0.5) is 0 Å². The van der Waals surface area contributed by atoms with Crippen molar-refractivity contribution in [2.75, 3.05) is 5.88 Å². The Morgan fingerprint density at radius 2 is 2.31 bits per heavy atom. The van der Waals surface area contributed by atoms with Gasteiger partial charge in [-0.05, 0) is 18.8 Å². The molecule has 0 bridgehead atoms. The maximum absolute atomic E-state index is 10.5. The minimum atomic E-state index is -3.88. The lowest BCUT2D eigenvalue weighted by molar-refractivity contribution is 0.400. The lowest BCUT2D eigenvalue weighted by atomic mass is 9.92. The molecular weight excluding hydrogens is 190 g/mol. The van der Waals surface area contributed by atoms with Crippen LogP contribution in [0.15, 0.2) is 12.2 Å².